The van der Waals surface area contributed by atoms with Gasteiger partial charge in [0.05, 0.1) is 17.2 Å². The van der Waals surface area contributed by atoms with Gasteiger partial charge in [-0.3, -0.25) is 4.79 Å². The molecule has 0 amide bonds. The van der Waals surface area contributed by atoms with Crippen LogP contribution in [0.1, 0.15) is 28.4 Å². The number of nitrogens with zero attached hydrogens (tertiary/aromatic N) is 1. The molecule has 138 valence electrons. The molecule has 0 heterocycles. The van der Waals surface area contributed by atoms with Crippen molar-refractivity contribution in [1.29, 1.82) is 5.26 Å². The van der Waals surface area contributed by atoms with Crippen LogP contribution >= 0.6 is 0 Å². The summed E-state index contributed by atoms with van der Waals surface area (Å²) in [7, 11) is 0. The second kappa shape index (κ2) is 8.65. The van der Waals surface area contributed by atoms with Crippen LogP contribution in [-0.2, 0) is 16.1 Å². The Morgan fingerprint density at radius 1 is 0.857 bits per heavy atom. The van der Waals surface area contributed by atoms with E-state index in [1.165, 1.54) is 6.92 Å². The van der Waals surface area contributed by atoms with Gasteiger partial charge >= 0.3 is 11.9 Å². The van der Waals surface area contributed by atoms with Crippen molar-refractivity contribution in [3.05, 3.63) is 89.5 Å². The third-order valence-corrected chi connectivity index (χ3v) is 4.02. The third-order valence-electron chi connectivity index (χ3n) is 4.02. The first kappa shape index (κ1) is 18.9. The van der Waals surface area contributed by atoms with E-state index in [1.54, 1.807) is 48.5 Å². The third kappa shape index (κ3) is 4.83. The highest BCUT2D eigenvalue weighted by atomic mass is 16.5. The van der Waals surface area contributed by atoms with Crippen molar-refractivity contribution in [2.24, 2.45) is 0 Å². The lowest BCUT2D eigenvalue weighted by atomic mass is 10.0. The van der Waals surface area contributed by atoms with Gasteiger partial charge in [0.2, 0.25) is 0 Å². The highest BCUT2D eigenvalue weighted by Crippen LogP contribution is 2.23. The Labute approximate surface area is 162 Å². The smallest absolute Gasteiger partial charge is 0.338 e. The van der Waals surface area contributed by atoms with Crippen LogP contribution in [0.3, 0.4) is 0 Å². The molecular formula is C23H17NO4. The first-order valence-corrected chi connectivity index (χ1v) is 8.60. The van der Waals surface area contributed by atoms with Crippen molar-refractivity contribution in [3.63, 3.8) is 0 Å². The van der Waals surface area contributed by atoms with E-state index in [0.717, 1.165) is 16.7 Å². The number of carbonyl (C=O) groups excluding carboxylic acids is 2. The molecule has 0 aliphatic heterocycles. The molecule has 5 nitrogen and oxygen atoms in total. The summed E-state index contributed by atoms with van der Waals surface area (Å²) in [6.45, 7) is 1.50. The summed E-state index contributed by atoms with van der Waals surface area (Å²) in [4.78, 5) is 23.2. The van der Waals surface area contributed by atoms with Crippen LogP contribution in [0.25, 0.3) is 11.1 Å². The Hall–Kier alpha value is -3.91. The first-order chi connectivity index (χ1) is 13.5. The van der Waals surface area contributed by atoms with E-state index in [0.29, 0.717) is 16.9 Å². The molecule has 0 bridgehead atoms. The van der Waals surface area contributed by atoms with Crippen LogP contribution in [0.2, 0.25) is 0 Å². The summed E-state index contributed by atoms with van der Waals surface area (Å²) < 4.78 is 10.3. The van der Waals surface area contributed by atoms with Crippen molar-refractivity contribution in [3.8, 4) is 22.9 Å². The van der Waals surface area contributed by atoms with Gasteiger partial charge in [0.25, 0.3) is 0 Å². The highest BCUT2D eigenvalue weighted by molar-refractivity contribution is 5.90. The standard InChI is InChI=1S/C23H17NO4/c1-16(25)28-22-12-10-20(11-13-22)19-6-8-21(9-7-19)23(26)27-15-18-4-2-17(14-24)3-5-18/h2-13H,15H2,1H3. The van der Waals surface area contributed by atoms with Gasteiger partial charge in [-0.05, 0) is 53.1 Å². The van der Waals surface area contributed by atoms with E-state index in [2.05, 4.69) is 0 Å². The van der Waals surface area contributed by atoms with Crippen LogP contribution < -0.4 is 4.74 Å². The number of rotatable bonds is 5. The zero-order chi connectivity index (χ0) is 19.9. The summed E-state index contributed by atoms with van der Waals surface area (Å²) >= 11 is 0. The maximum Gasteiger partial charge on any atom is 0.338 e. The first-order valence-electron chi connectivity index (χ1n) is 8.60. The predicted octanol–water partition coefficient (Wildman–Crippen LogP) is 4.51. The highest BCUT2D eigenvalue weighted by Gasteiger charge is 2.08. The van der Waals surface area contributed by atoms with Gasteiger partial charge < -0.3 is 9.47 Å². The second-order valence-corrected chi connectivity index (χ2v) is 6.08. The molecule has 0 radical (unpaired) electrons. The molecule has 0 atom stereocenters. The number of benzene rings is 3. The number of esters is 2. The molecule has 3 aromatic carbocycles. The van der Waals surface area contributed by atoms with E-state index in [1.807, 2.05) is 30.3 Å². The fraction of sp³-hybridized carbons (Fsp3) is 0.0870. The lowest BCUT2D eigenvalue weighted by Crippen LogP contribution is -2.05. The maximum absolute atomic E-state index is 12.2. The van der Waals surface area contributed by atoms with Crippen molar-refractivity contribution in [2.45, 2.75) is 13.5 Å². The predicted molar refractivity (Wildman–Crippen MR) is 103 cm³/mol. The zero-order valence-electron chi connectivity index (χ0n) is 15.2. The Balaban J connectivity index is 1.62. The molecule has 0 aromatic heterocycles. The quantitative estimate of drug-likeness (QED) is 0.487. The maximum atomic E-state index is 12.2. The molecular weight excluding hydrogens is 354 g/mol. The molecule has 3 rings (SSSR count). The van der Waals surface area contributed by atoms with Gasteiger partial charge in [0.15, 0.2) is 0 Å². The van der Waals surface area contributed by atoms with Gasteiger partial charge in [-0.1, -0.05) is 36.4 Å². The molecule has 0 unspecified atom stereocenters. The minimum Gasteiger partial charge on any atom is -0.457 e. The van der Waals surface area contributed by atoms with Crippen LogP contribution in [0.4, 0.5) is 0 Å². The Morgan fingerprint density at radius 3 is 1.96 bits per heavy atom. The summed E-state index contributed by atoms with van der Waals surface area (Å²) in [5.41, 5.74) is 3.70. The largest absolute Gasteiger partial charge is 0.457 e. The molecule has 0 aliphatic carbocycles. The molecule has 0 spiro atoms. The Bertz CT molecular complexity index is 1010. The number of nitriles is 1. The average molecular weight is 371 g/mol. The van der Waals surface area contributed by atoms with Gasteiger partial charge in [0, 0.05) is 6.92 Å². The number of ether oxygens (including phenoxy) is 2. The summed E-state index contributed by atoms with van der Waals surface area (Å²) in [5.74, 6) is -0.294. The molecule has 0 saturated carbocycles. The van der Waals surface area contributed by atoms with Crippen LogP contribution in [-0.4, -0.2) is 11.9 Å². The minimum absolute atomic E-state index is 0.143. The van der Waals surface area contributed by atoms with E-state index < -0.39 is 5.97 Å². The molecule has 0 saturated heterocycles. The van der Waals surface area contributed by atoms with E-state index in [-0.39, 0.29) is 12.6 Å². The molecule has 0 fully saturated rings. The van der Waals surface area contributed by atoms with Gasteiger partial charge in [-0.15, -0.1) is 0 Å². The van der Waals surface area contributed by atoms with Gasteiger partial charge in [-0.25, -0.2) is 4.79 Å². The van der Waals surface area contributed by atoms with Crippen molar-refractivity contribution in [1.82, 2.24) is 0 Å². The average Bonchev–Trinajstić information content (AvgIpc) is 2.72. The van der Waals surface area contributed by atoms with Crippen molar-refractivity contribution >= 4 is 11.9 Å². The summed E-state index contributed by atoms with van der Waals surface area (Å²) in [6.07, 6.45) is 0. The van der Waals surface area contributed by atoms with Crippen LogP contribution in [0, 0.1) is 11.3 Å². The number of hydrogen-bond donors (Lipinski definition) is 0. The molecule has 0 N–H and O–H groups in total. The SMILES string of the molecule is CC(=O)Oc1ccc(-c2ccc(C(=O)OCc3ccc(C#N)cc3)cc2)cc1. The van der Waals surface area contributed by atoms with E-state index in [4.69, 9.17) is 14.7 Å². The Kier molecular flexibility index (Phi) is 5.83. The normalized spacial score (nSPS) is 10.0. The lowest BCUT2D eigenvalue weighted by Gasteiger charge is -2.07. The summed E-state index contributed by atoms with van der Waals surface area (Å²) in [5, 5.41) is 8.79. The molecule has 3 aromatic rings. The van der Waals surface area contributed by atoms with Gasteiger partial charge in [-0.2, -0.15) is 5.26 Å². The number of hydrogen-bond acceptors (Lipinski definition) is 5. The van der Waals surface area contributed by atoms with Gasteiger partial charge in [0.1, 0.15) is 12.4 Å². The second-order valence-electron chi connectivity index (χ2n) is 6.08. The number of carbonyl (C=O) groups is 2. The summed E-state index contributed by atoms with van der Waals surface area (Å²) in [6, 6.07) is 23.1. The van der Waals surface area contributed by atoms with E-state index >= 15 is 0 Å². The molecule has 28 heavy (non-hydrogen) atoms. The fourth-order valence-electron chi connectivity index (χ4n) is 2.59. The minimum atomic E-state index is -0.416. The fourth-order valence-corrected chi connectivity index (χ4v) is 2.59. The zero-order valence-corrected chi connectivity index (χ0v) is 15.2. The van der Waals surface area contributed by atoms with Crippen LogP contribution in [0.5, 0.6) is 5.75 Å². The van der Waals surface area contributed by atoms with Crippen molar-refractivity contribution < 1.29 is 19.1 Å². The molecule has 0 aliphatic rings. The molecule has 5 heteroatoms. The topological polar surface area (TPSA) is 76.4 Å². The monoisotopic (exact) mass is 371 g/mol. The van der Waals surface area contributed by atoms with Crippen molar-refractivity contribution in [2.75, 3.05) is 0 Å². The van der Waals surface area contributed by atoms with Crippen LogP contribution in [0.15, 0.2) is 72.8 Å². The van der Waals surface area contributed by atoms with E-state index in [9.17, 15) is 9.59 Å². The lowest BCUT2D eigenvalue weighted by molar-refractivity contribution is -0.131. The Morgan fingerprint density at radius 2 is 1.43 bits per heavy atom.